The zero-order valence-electron chi connectivity index (χ0n) is 17.7. The maximum Gasteiger partial charge on any atom is 0.407 e. The monoisotopic (exact) mass is 465 g/mol. The van der Waals surface area contributed by atoms with Gasteiger partial charge in [-0.1, -0.05) is 36.4 Å². The summed E-state index contributed by atoms with van der Waals surface area (Å²) in [7, 11) is -3.61. The third kappa shape index (κ3) is 5.56. The van der Waals surface area contributed by atoms with Crippen LogP contribution < -0.4 is 10.6 Å². The summed E-state index contributed by atoms with van der Waals surface area (Å²) >= 11 is 0. The minimum absolute atomic E-state index is 0.0516. The van der Waals surface area contributed by atoms with Crippen LogP contribution in [-0.4, -0.2) is 31.2 Å². The normalized spacial score (nSPS) is 16.7. The Kier molecular flexibility index (Phi) is 6.69. The summed E-state index contributed by atoms with van der Waals surface area (Å²) in [4.78, 5) is 29.0. The predicted molar refractivity (Wildman–Crippen MR) is 122 cm³/mol. The number of anilines is 1. The van der Waals surface area contributed by atoms with Gasteiger partial charge in [-0.05, 0) is 48.2 Å². The van der Waals surface area contributed by atoms with E-state index in [1.165, 1.54) is 6.07 Å². The van der Waals surface area contributed by atoms with E-state index in [1.807, 2.05) is 30.3 Å². The van der Waals surface area contributed by atoms with Crippen molar-refractivity contribution >= 4 is 27.5 Å². The van der Waals surface area contributed by atoms with Crippen molar-refractivity contribution in [2.45, 2.75) is 30.4 Å². The summed E-state index contributed by atoms with van der Waals surface area (Å²) in [6, 6.07) is 16.5. The van der Waals surface area contributed by atoms with Gasteiger partial charge >= 0.3 is 6.09 Å². The van der Waals surface area contributed by atoms with Crippen LogP contribution in [0.2, 0.25) is 0 Å². The fourth-order valence-corrected chi connectivity index (χ4v) is 5.31. The number of sulfone groups is 1. The van der Waals surface area contributed by atoms with Crippen molar-refractivity contribution in [2.75, 3.05) is 11.1 Å². The van der Waals surface area contributed by atoms with E-state index < -0.39 is 27.9 Å². The van der Waals surface area contributed by atoms with Crippen LogP contribution in [0.15, 0.2) is 78.0 Å². The van der Waals surface area contributed by atoms with Crippen molar-refractivity contribution in [1.29, 1.82) is 0 Å². The van der Waals surface area contributed by atoms with E-state index in [0.29, 0.717) is 24.1 Å². The minimum Gasteiger partial charge on any atom is -0.445 e. The highest BCUT2D eigenvalue weighted by Gasteiger charge is 2.30. The van der Waals surface area contributed by atoms with Gasteiger partial charge in [0.2, 0.25) is 0 Å². The molecule has 4 rings (SSSR count). The van der Waals surface area contributed by atoms with Crippen LogP contribution in [0, 0.1) is 0 Å². The van der Waals surface area contributed by atoms with E-state index >= 15 is 0 Å². The van der Waals surface area contributed by atoms with Crippen molar-refractivity contribution in [1.82, 2.24) is 10.3 Å². The summed E-state index contributed by atoms with van der Waals surface area (Å²) < 4.78 is 31.1. The molecule has 8 nitrogen and oxygen atoms in total. The van der Waals surface area contributed by atoms with Gasteiger partial charge < -0.3 is 15.4 Å². The summed E-state index contributed by atoms with van der Waals surface area (Å²) in [6.45, 7) is 0.110. The van der Waals surface area contributed by atoms with Gasteiger partial charge in [-0.25, -0.2) is 13.2 Å². The number of alkyl carbamates (subject to hydrolysis) is 1. The molecule has 0 spiro atoms. The first kappa shape index (κ1) is 22.5. The molecule has 1 unspecified atom stereocenters. The summed E-state index contributed by atoms with van der Waals surface area (Å²) in [6.07, 6.45) is 3.27. The standard InChI is InChI=1S/C24H23N3O5S/c28-23(26-19-10-12-25-13-11-19)18-8-9-20-21(7-4-14-33(30,31)22(20)15-18)27-24(29)32-16-17-5-2-1-3-6-17/h1-3,5-6,8-13,15,21H,4,7,14,16H2,(H,27,29)(H,25,26,28). The molecule has 2 aromatic carbocycles. The Labute approximate surface area is 191 Å². The number of carbonyl (C=O) groups excluding carboxylic acids is 2. The molecule has 1 aromatic heterocycles. The quantitative estimate of drug-likeness (QED) is 0.591. The Morgan fingerprint density at radius 1 is 1.03 bits per heavy atom. The van der Waals surface area contributed by atoms with Crippen LogP contribution in [0.4, 0.5) is 10.5 Å². The van der Waals surface area contributed by atoms with Gasteiger partial charge in [0.15, 0.2) is 9.84 Å². The van der Waals surface area contributed by atoms with Crippen molar-refractivity contribution < 1.29 is 22.7 Å². The third-order valence-electron chi connectivity index (χ3n) is 5.34. The number of pyridine rings is 1. The molecule has 0 fully saturated rings. The zero-order valence-corrected chi connectivity index (χ0v) is 18.5. The van der Waals surface area contributed by atoms with Crippen LogP contribution in [0.1, 0.15) is 40.4 Å². The molecule has 1 aliphatic heterocycles. The SMILES string of the molecule is O=C(NC1CCCS(=O)(=O)c2cc(C(=O)Nc3ccncc3)ccc21)OCc1ccccc1. The molecule has 9 heteroatoms. The van der Waals surface area contributed by atoms with Gasteiger partial charge in [-0.3, -0.25) is 9.78 Å². The Morgan fingerprint density at radius 2 is 1.79 bits per heavy atom. The number of ether oxygens (including phenoxy) is 1. The lowest BCUT2D eigenvalue weighted by atomic mass is 10.0. The Balaban J connectivity index is 1.53. The van der Waals surface area contributed by atoms with E-state index in [-0.39, 0.29) is 22.8 Å². The average Bonchev–Trinajstić information content (AvgIpc) is 2.94. The van der Waals surface area contributed by atoms with Crippen molar-refractivity contribution in [2.24, 2.45) is 0 Å². The fourth-order valence-electron chi connectivity index (χ4n) is 3.67. The first-order valence-electron chi connectivity index (χ1n) is 10.5. The van der Waals surface area contributed by atoms with Crippen LogP contribution in [0.25, 0.3) is 0 Å². The van der Waals surface area contributed by atoms with Gasteiger partial charge in [-0.2, -0.15) is 0 Å². The van der Waals surface area contributed by atoms with Crippen molar-refractivity contribution in [3.05, 3.63) is 89.7 Å². The topological polar surface area (TPSA) is 114 Å². The third-order valence-corrected chi connectivity index (χ3v) is 7.18. The van der Waals surface area contributed by atoms with Crippen LogP contribution >= 0.6 is 0 Å². The summed E-state index contributed by atoms with van der Waals surface area (Å²) in [5.41, 5.74) is 2.06. The molecule has 2 amide bonds. The predicted octanol–water partition coefficient (Wildman–Crippen LogP) is 3.87. The lowest BCUT2D eigenvalue weighted by Gasteiger charge is -2.19. The molecular weight excluding hydrogens is 442 g/mol. The number of fused-ring (bicyclic) bond motifs is 1. The Hall–Kier alpha value is -3.72. The maximum atomic E-state index is 12.9. The van der Waals surface area contributed by atoms with Crippen LogP contribution in [0.5, 0.6) is 0 Å². The largest absolute Gasteiger partial charge is 0.445 e. The number of nitrogens with zero attached hydrogens (tertiary/aromatic N) is 1. The van der Waals surface area contributed by atoms with E-state index in [2.05, 4.69) is 15.6 Å². The number of carbonyl (C=O) groups is 2. The Morgan fingerprint density at radius 3 is 2.55 bits per heavy atom. The number of benzene rings is 2. The fraction of sp³-hybridized carbons (Fsp3) is 0.208. The van der Waals surface area contributed by atoms with Gasteiger partial charge in [-0.15, -0.1) is 0 Å². The highest BCUT2D eigenvalue weighted by Crippen LogP contribution is 2.32. The van der Waals surface area contributed by atoms with Crippen LogP contribution in [0.3, 0.4) is 0 Å². The smallest absolute Gasteiger partial charge is 0.407 e. The molecule has 2 heterocycles. The highest BCUT2D eigenvalue weighted by atomic mass is 32.2. The molecule has 0 saturated heterocycles. The average molecular weight is 466 g/mol. The molecule has 0 radical (unpaired) electrons. The number of aromatic nitrogens is 1. The number of hydrogen-bond donors (Lipinski definition) is 2. The lowest BCUT2D eigenvalue weighted by Crippen LogP contribution is -2.29. The summed E-state index contributed by atoms with van der Waals surface area (Å²) in [5.74, 6) is -0.498. The van der Waals surface area contributed by atoms with Crippen LogP contribution in [-0.2, 0) is 21.2 Å². The lowest BCUT2D eigenvalue weighted by molar-refractivity contribution is 0.102. The number of rotatable bonds is 5. The van der Waals surface area contributed by atoms with Crippen molar-refractivity contribution in [3.8, 4) is 0 Å². The van der Waals surface area contributed by atoms with E-state index in [4.69, 9.17) is 4.74 Å². The molecule has 0 bridgehead atoms. The maximum absolute atomic E-state index is 12.9. The minimum atomic E-state index is -3.61. The summed E-state index contributed by atoms with van der Waals surface area (Å²) in [5, 5.41) is 5.50. The molecule has 2 N–H and O–H groups in total. The molecule has 33 heavy (non-hydrogen) atoms. The molecule has 170 valence electrons. The molecule has 0 saturated carbocycles. The molecule has 0 aliphatic carbocycles. The number of amides is 2. The van der Waals surface area contributed by atoms with Crippen molar-refractivity contribution in [3.63, 3.8) is 0 Å². The van der Waals surface area contributed by atoms with E-state index in [0.717, 1.165) is 5.56 Å². The first-order valence-corrected chi connectivity index (χ1v) is 12.1. The molecule has 3 aromatic rings. The van der Waals surface area contributed by atoms with Gasteiger partial charge in [0.1, 0.15) is 6.61 Å². The van der Waals surface area contributed by atoms with E-state index in [1.54, 1.807) is 36.7 Å². The molecule has 1 aliphatic rings. The van der Waals surface area contributed by atoms with Gasteiger partial charge in [0, 0.05) is 23.6 Å². The zero-order chi connectivity index (χ0) is 23.3. The number of hydrogen-bond acceptors (Lipinski definition) is 6. The second-order valence-electron chi connectivity index (χ2n) is 7.66. The number of nitrogens with one attached hydrogen (secondary N) is 2. The second-order valence-corrected chi connectivity index (χ2v) is 9.74. The molecular formula is C24H23N3O5S. The first-order chi connectivity index (χ1) is 15.9. The van der Waals surface area contributed by atoms with Gasteiger partial charge in [0.05, 0.1) is 16.7 Å². The second kappa shape index (κ2) is 9.83. The van der Waals surface area contributed by atoms with Gasteiger partial charge in [0.25, 0.3) is 5.91 Å². The van der Waals surface area contributed by atoms with E-state index in [9.17, 15) is 18.0 Å². The Bertz CT molecular complexity index is 1250. The molecule has 1 atom stereocenters. The highest BCUT2D eigenvalue weighted by molar-refractivity contribution is 7.91.